The third-order valence-corrected chi connectivity index (χ3v) is 4.12. The largest absolute Gasteiger partial charge is 0.371 e. The average Bonchev–Trinajstić information content (AvgIpc) is 3.16. The van der Waals surface area contributed by atoms with Gasteiger partial charge in [0.1, 0.15) is 6.10 Å². The summed E-state index contributed by atoms with van der Waals surface area (Å²) in [5, 5.41) is 11.4. The highest BCUT2D eigenvalue weighted by Gasteiger charge is 2.37. The van der Waals surface area contributed by atoms with Crippen LogP contribution in [0.25, 0.3) is 0 Å². The molecule has 1 aliphatic rings. The fourth-order valence-electron chi connectivity index (χ4n) is 2.80. The molecule has 7 nitrogen and oxygen atoms in total. The molecule has 23 heavy (non-hydrogen) atoms. The van der Waals surface area contributed by atoms with Crippen molar-refractivity contribution >= 4 is 11.6 Å². The predicted octanol–water partition coefficient (Wildman–Crippen LogP) is 2.09. The van der Waals surface area contributed by atoms with E-state index >= 15 is 0 Å². The lowest BCUT2D eigenvalue weighted by Gasteiger charge is -2.19. The molecular weight excluding hydrogens is 294 g/mol. The van der Waals surface area contributed by atoms with Gasteiger partial charge in [0, 0.05) is 26.0 Å². The van der Waals surface area contributed by atoms with E-state index in [1.54, 1.807) is 17.1 Å². The Hall–Kier alpha value is -2.15. The lowest BCUT2D eigenvalue weighted by Crippen LogP contribution is -2.26. The molecule has 1 N–H and O–H groups in total. The number of aryl methyl sites for hydroxylation is 1. The SMILES string of the molecule is Cn1nccc1[C@@H]1OCC[C@H]1C(=O)Nc1cnn(C(C)(C)C)c1. The number of hydrogen-bond acceptors (Lipinski definition) is 4. The van der Waals surface area contributed by atoms with Gasteiger partial charge in [-0.2, -0.15) is 10.2 Å². The summed E-state index contributed by atoms with van der Waals surface area (Å²) < 4.78 is 9.36. The van der Waals surface area contributed by atoms with Crippen LogP contribution in [0, 0.1) is 5.92 Å². The molecule has 124 valence electrons. The number of carbonyl (C=O) groups is 1. The van der Waals surface area contributed by atoms with Gasteiger partial charge in [0.05, 0.1) is 29.0 Å². The van der Waals surface area contributed by atoms with E-state index in [9.17, 15) is 4.79 Å². The molecule has 0 spiro atoms. The molecule has 2 aromatic rings. The van der Waals surface area contributed by atoms with Crippen LogP contribution in [0.2, 0.25) is 0 Å². The van der Waals surface area contributed by atoms with Crippen molar-refractivity contribution in [3.05, 3.63) is 30.4 Å². The van der Waals surface area contributed by atoms with Crippen molar-refractivity contribution in [3.8, 4) is 0 Å². The second-order valence-corrected chi connectivity index (χ2v) is 6.90. The van der Waals surface area contributed by atoms with Crippen LogP contribution in [0.4, 0.5) is 5.69 Å². The summed E-state index contributed by atoms with van der Waals surface area (Å²) in [6.45, 7) is 6.77. The molecular formula is C16H23N5O2. The zero-order valence-electron chi connectivity index (χ0n) is 14.0. The maximum absolute atomic E-state index is 12.6. The van der Waals surface area contributed by atoms with Gasteiger partial charge in [0.25, 0.3) is 0 Å². The first-order valence-electron chi connectivity index (χ1n) is 7.82. The van der Waals surface area contributed by atoms with Crippen LogP contribution in [0.15, 0.2) is 24.7 Å². The molecule has 0 aliphatic carbocycles. The van der Waals surface area contributed by atoms with Gasteiger partial charge in [-0.25, -0.2) is 0 Å². The highest BCUT2D eigenvalue weighted by Crippen LogP contribution is 2.35. The van der Waals surface area contributed by atoms with Crippen LogP contribution in [0.5, 0.6) is 0 Å². The van der Waals surface area contributed by atoms with Gasteiger partial charge in [-0.3, -0.25) is 14.2 Å². The Kier molecular flexibility index (Phi) is 3.97. The van der Waals surface area contributed by atoms with Crippen molar-refractivity contribution in [2.75, 3.05) is 11.9 Å². The summed E-state index contributed by atoms with van der Waals surface area (Å²) in [5.74, 6) is -0.259. The Morgan fingerprint density at radius 1 is 1.39 bits per heavy atom. The molecule has 0 radical (unpaired) electrons. The van der Waals surface area contributed by atoms with Crippen LogP contribution in [-0.2, 0) is 22.1 Å². The Balaban J connectivity index is 1.73. The number of nitrogens with zero attached hydrogens (tertiary/aromatic N) is 4. The fraction of sp³-hybridized carbons (Fsp3) is 0.562. The number of nitrogens with one attached hydrogen (secondary N) is 1. The third-order valence-electron chi connectivity index (χ3n) is 4.12. The van der Waals surface area contributed by atoms with Crippen molar-refractivity contribution in [2.24, 2.45) is 13.0 Å². The molecule has 0 saturated carbocycles. The summed E-state index contributed by atoms with van der Waals surface area (Å²) in [4.78, 5) is 12.6. The van der Waals surface area contributed by atoms with Crippen LogP contribution < -0.4 is 5.32 Å². The van der Waals surface area contributed by atoms with E-state index in [4.69, 9.17) is 4.74 Å². The zero-order valence-corrected chi connectivity index (χ0v) is 14.0. The van der Waals surface area contributed by atoms with E-state index < -0.39 is 0 Å². The number of rotatable bonds is 3. The maximum Gasteiger partial charge on any atom is 0.230 e. The number of hydrogen-bond donors (Lipinski definition) is 1. The van der Waals surface area contributed by atoms with E-state index in [0.29, 0.717) is 18.7 Å². The fourth-order valence-corrected chi connectivity index (χ4v) is 2.80. The molecule has 1 saturated heterocycles. The number of amides is 1. The summed E-state index contributed by atoms with van der Waals surface area (Å²) in [6.07, 6.45) is 5.71. The van der Waals surface area contributed by atoms with Gasteiger partial charge in [0.2, 0.25) is 5.91 Å². The highest BCUT2D eigenvalue weighted by atomic mass is 16.5. The Bertz CT molecular complexity index is 697. The molecule has 2 aromatic heterocycles. The van der Waals surface area contributed by atoms with Gasteiger partial charge in [-0.15, -0.1) is 0 Å². The summed E-state index contributed by atoms with van der Waals surface area (Å²) in [5.41, 5.74) is 1.52. The Labute approximate surface area is 135 Å². The van der Waals surface area contributed by atoms with Crippen LogP contribution >= 0.6 is 0 Å². The van der Waals surface area contributed by atoms with Crippen molar-refractivity contribution in [1.29, 1.82) is 0 Å². The number of carbonyl (C=O) groups excluding carboxylic acids is 1. The van der Waals surface area contributed by atoms with E-state index in [-0.39, 0.29) is 23.5 Å². The minimum Gasteiger partial charge on any atom is -0.371 e. The molecule has 0 aromatic carbocycles. The lowest BCUT2D eigenvalue weighted by atomic mass is 9.98. The monoisotopic (exact) mass is 317 g/mol. The van der Waals surface area contributed by atoms with Gasteiger partial charge >= 0.3 is 0 Å². The predicted molar refractivity (Wildman–Crippen MR) is 85.9 cm³/mol. The normalized spacial score (nSPS) is 21.6. The first-order valence-corrected chi connectivity index (χ1v) is 7.82. The maximum atomic E-state index is 12.6. The number of aromatic nitrogens is 4. The van der Waals surface area contributed by atoms with Crippen molar-refractivity contribution in [1.82, 2.24) is 19.6 Å². The average molecular weight is 317 g/mol. The van der Waals surface area contributed by atoms with Crippen LogP contribution in [-0.4, -0.2) is 32.1 Å². The third kappa shape index (κ3) is 3.14. The van der Waals surface area contributed by atoms with Gasteiger partial charge in [0.15, 0.2) is 0 Å². The van der Waals surface area contributed by atoms with E-state index in [1.165, 1.54) is 0 Å². The van der Waals surface area contributed by atoms with Gasteiger partial charge in [-0.05, 0) is 33.3 Å². The number of ether oxygens (including phenoxy) is 1. The summed E-state index contributed by atoms with van der Waals surface area (Å²) >= 11 is 0. The van der Waals surface area contributed by atoms with Crippen LogP contribution in [0.3, 0.4) is 0 Å². The zero-order chi connectivity index (χ0) is 16.6. The first kappa shape index (κ1) is 15.7. The second kappa shape index (κ2) is 5.81. The smallest absolute Gasteiger partial charge is 0.230 e. The minimum absolute atomic E-state index is 0.0397. The Morgan fingerprint density at radius 3 is 2.78 bits per heavy atom. The van der Waals surface area contributed by atoms with E-state index in [0.717, 1.165) is 5.69 Å². The minimum atomic E-state index is -0.250. The highest BCUT2D eigenvalue weighted by molar-refractivity contribution is 5.92. The molecule has 1 fully saturated rings. The second-order valence-electron chi connectivity index (χ2n) is 6.90. The first-order chi connectivity index (χ1) is 10.9. The van der Waals surface area contributed by atoms with Crippen molar-refractivity contribution in [2.45, 2.75) is 38.8 Å². The summed E-state index contributed by atoms with van der Waals surface area (Å²) in [6, 6.07) is 1.90. The Morgan fingerprint density at radius 2 is 2.17 bits per heavy atom. The van der Waals surface area contributed by atoms with Crippen LogP contribution in [0.1, 0.15) is 39.0 Å². The lowest BCUT2D eigenvalue weighted by molar-refractivity contribution is -0.121. The quantitative estimate of drug-likeness (QED) is 0.940. The molecule has 3 rings (SSSR count). The van der Waals surface area contributed by atoms with Crippen molar-refractivity contribution in [3.63, 3.8) is 0 Å². The van der Waals surface area contributed by atoms with Crippen molar-refractivity contribution < 1.29 is 9.53 Å². The molecule has 0 unspecified atom stereocenters. The topological polar surface area (TPSA) is 74.0 Å². The summed E-state index contributed by atoms with van der Waals surface area (Å²) in [7, 11) is 1.86. The van der Waals surface area contributed by atoms with E-state index in [1.807, 2.05) is 24.0 Å². The van der Waals surface area contributed by atoms with Gasteiger partial charge < -0.3 is 10.1 Å². The molecule has 2 atom stereocenters. The molecule has 0 bridgehead atoms. The standard InChI is InChI=1S/C16H23N5O2/c1-16(2,3)21-10-11(9-18-21)19-15(22)12-6-8-23-14(12)13-5-7-17-20(13)4/h5,7,9-10,12,14H,6,8H2,1-4H3,(H,19,22)/t12-,14-/m1/s1. The molecule has 7 heteroatoms. The molecule has 3 heterocycles. The molecule has 1 amide bonds. The van der Waals surface area contributed by atoms with E-state index in [2.05, 4.69) is 36.3 Å². The van der Waals surface area contributed by atoms with Gasteiger partial charge in [-0.1, -0.05) is 0 Å². The molecule has 1 aliphatic heterocycles. The number of anilines is 1.